The zero-order valence-electron chi connectivity index (χ0n) is 15.4. The molecule has 2 aliphatic rings. The van der Waals surface area contributed by atoms with E-state index in [0.717, 1.165) is 0 Å². The van der Waals surface area contributed by atoms with Crippen LogP contribution in [0, 0.1) is 0 Å². The van der Waals surface area contributed by atoms with Crippen LogP contribution in [0.2, 0.25) is 0 Å². The van der Waals surface area contributed by atoms with Crippen molar-refractivity contribution in [3.8, 4) is 11.5 Å². The molecule has 0 radical (unpaired) electrons. The van der Waals surface area contributed by atoms with Crippen LogP contribution in [0.5, 0.6) is 11.5 Å². The number of thioether (sulfide) groups is 1. The van der Waals surface area contributed by atoms with Crippen molar-refractivity contribution in [1.82, 2.24) is 4.90 Å². The molecule has 13 heteroatoms. The first-order valence-corrected chi connectivity index (χ1v) is 9.24. The number of hydrogen-bond acceptors (Lipinski definition) is 7. The van der Waals surface area contributed by atoms with Crippen molar-refractivity contribution in [1.29, 1.82) is 0 Å². The van der Waals surface area contributed by atoms with E-state index >= 15 is 0 Å². The van der Waals surface area contributed by atoms with Crippen molar-refractivity contribution in [2.24, 2.45) is 5.73 Å². The van der Waals surface area contributed by atoms with Gasteiger partial charge in [0.15, 0.2) is 0 Å². The van der Waals surface area contributed by atoms with Gasteiger partial charge in [-0.05, 0) is 24.3 Å². The van der Waals surface area contributed by atoms with Crippen LogP contribution in [-0.2, 0) is 14.4 Å². The van der Waals surface area contributed by atoms with E-state index < -0.39 is 24.2 Å². The average Bonchev–Trinajstić information content (AvgIpc) is 2.70. The second-order valence-corrected chi connectivity index (χ2v) is 7.07. The fraction of sp³-hybridized carbons (Fsp3) is 0.353. The number of benzene rings is 1. The predicted molar refractivity (Wildman–Crippen MR) is 97.9 cm³/mol. The van der Waals surface area contributed by atoms with Gasteiger partial charge in [0.25, 0.3) is 0 Å². The number of carbonyl (C=O) groups is 3. The summed E-state index contributed by atoms with van der Waals surface area (Å²) < 4.78 is 42.4. The van der Waals surface area contributed by atoms with Crippen LogP contribution in [0.3, 0.4) is 0 Å². The summed E-state index contributed by atoms with van der Waals surface area (Å²) in [7, 11) is 1.57. The SMILES string of the molecule is COc1ccc(OCC2=C(C(=O)O)N3C(=O)C(N)[C@@H]3SC2)cc1.O=C(O)C(F)(F)F. The van der Waals surface area contributed by atoms with Gasteiger partial charge in [0.05, 0.1) is 7.11 Å². The van der Waals surface area contributed by atoms with Gasteiger partial charge in [-0.15, -0.1) is 11.8 Å². The van der Waals surface area contributed by atoms with Gasteiger partial charge in [-0.3, -0.25) is 9.69 Å². The first kappa shape index (κ1) is 23.3. The van der Waals surface area contributed by atoms with Crippen LogP contribution in [0.1, 0.15) is 0 Å². The van der Waals surface area contributed by atoms with Crippen molar-refractivity contribution < 1.29 is 47.2 Å². The summed E-state index contributed by atoms with van der Waals surface area (Å²) in [5.41, 5.74) is 6.27. The Kier molecular flexibility index (Phi) is 7.21. The molecule has 1 unspecified atom stereocenters. The number of halogens is 3. The molecule has 2 heterocycles. The average molecular weight is 450 g/mol. The fourth-order valence-corrected chi connectivity index (χ4v) is 3.81. The Bertz CT molecular complexity index is 858. The smallest absolute Gasteiger partial charge is 0.490 e. The Morgan fingerprint density at radius 2 is 1.77 bits per heavy atom. The number of β-lactam (4-membered cyclic amide) rings is 1. The summed E-state index contributed by atoms with van der Waals surface area (Å²) >= 11 is 1.45. The number of carboxylic acid groups (broad SMARTS) is 2. The topological polar surface area (TPSA) is 139 Å². The molecule has 3 rings (SSSR count). The lowest BCUT2D eigenvalue weighted by Crippen LogP contribution is -2.68. The molecule has 0 bridgehead atoms. The van der Waals surface area contributed by atoms with E-state index in [9.17, 15) is 27.9 Å². The largest absolute Gasteiger partial charge is 0.497 e. The molecule has 1 saturated heterocycles. The quantitative estimate of drug-likeness (QED) is 0.566. The molecule has 0 spiro atoms. The van der Waals surface area contributed by atoms with Gasteiger partial charge < -0.3 is 25.4 Å². The molecule has 0 saturated carbocycles. The van der Waals surface area contributed by atoms with E-state index in [1.165, 1.54) is 16.7 Å². The summed E-state index contributed by atoms with van der Waals surface area (Å²) in [6.45, 7) is 0.104. The standard InChI is InChI=1S/C15H16N2O5S.C2HF3O2/c1-21-9-2-4-10(5-3-9)22-6-8-7-23-14-11(16)13(18)17(14)12(8)15(19)20;3-2(4,5)1(6)7/h2-5,11,14H,6-7,16H2,1H3,(H,19,20);(H,6,7)/t11?,14-;/m0./s1. The maximum Gasteiger partial charge on any atom is 0.490 e. The van der Waals surface area contributed by atoms with Crippen molar-refractivity contribution in [2.45, 2.75) is 17.6 Å². The third kappa shape index (κ3) is 5.16. The van der Waals surface area contributed by atoms with Gasteiger partial charge in [0.2, 0.25) is 5.91 Å². The van der Waals surface area contributed by atoms with Crippen molar-refractivity contribution in [3.63, 3.8) is 0 Å². The number of methoxy groups -OCH3 is 1. The van der Waals surface area contributed by atoms with Crippen LogP contribution >= 0.6 is 11.8 Å². The molecule has 1 amide bonds. The Balaban J connectivity index is 0.000000396. The number of hydrogen-bond donors (Lipinski definition) is 3. The highest BCUT2D eigenvalue weighted by atomic mass is 32.2. The third-order valence-corrected chi connectivity index (χ3v) is 5.37. The summed E-state index contributed by atoms with van der Waals surface area (Å²) in [4.78, 5) is 33.5. The first-order chi connectivity index (χ1) is 14.0. The molecular weight excluding hydrogens is 433 g/mol. The van der Waals surface area contributed by atoms with Gasteiger partial charge in [0.1, 0.15) is 35.2 Å². The molecule has 164 valence electrons. The van der Waals surface area contributed by atoms with E-state index in [1.54, 1.807) is 31.4 Å². The number of carboxylic acids is 2. The number of fused-ring (bicyclic) bond motifs is 1. The lowest BCUT2D eigenvalue weighted by Gasteiger charge is -2.47. The second-order valence-electron chi connectivity index (χ2n) is 5.96. The van der Waals surface area contributed by atoms with Crippen molar-refractivity contribution in [3.05, 3.63) is 35.5 Å². The number of rotatable bonds is 5. The summed E-state index contributed by atoms with van der Waals surface area (Å²) in [5.74, 6) is -2.47. The summed E-state index contributed by atoms with van der Waals surface area (Å²) in [6, 6.07) is 6.36. The van der Waals surface area contributed by atoms with Crippen LogP contribution in [0.25, 0.3) is 0 Å². The molecule has 2 aliphatic heterocycles. The number of amides is 1. The predicted octanol–water partition coefficient (Wildman–Crippen LogP) is 1.29. The number of nitrogens with zero attached hydrogens (tertiary/aromatic N) is 1. The first-order valence-electron chi connectivity index (χ1n) is 8.20. The molecule has 2 atom stereocenters. The minimum atomic E-state index is -5.08. The number of ether oxygens (including phenoxy) is 2. The molecule has 4 N–H and O–H groups in total. The number of nitrogens with two attached hydrogens (primary N) is 1. The molecule has 0 aliphatic carbocycles. The molecule has 9 nitrogen and oxygen atoms in total. The maximum absolute atomic E-state index is 11.8. The molecular formula is C17H17F3N2O7S. The molecule has 1 aromatic carbocycles. The van der Waals surface area contributed by atoms with E-state index in [1.807, 2.05) is 0 Å². The van der Waals surface area contributed by atoms with Crippen molar-refractivity contribution in [2.75, 3.05) is 19.5 Å². The molecule has 1 aromatic rings. The lowest BCUT2D eigenvalue weighted by atomic mass is 10.0. The molecule has 30 heavy (non-hydrogen) atoms. The highest BCUT2D eigenvalue weighted by Gasteiger charge is 2.51. The number of carbonyl (C=O) groups excluding carboxylic acids is 1. The van der Waals surface area contributed by atoms with E-state index in [-0.39, 0.29) is 23.6 Å². The van der Waals surface area contributed by atoms with Crippen molar-refractivity contribution >= 4 is 29.6 Å². The Hall–Kier alpha value is -2.93. The van der Waals surface area contributed by atoms with E-state index in [0.29, 0.717) is 22.8 Å². The van der Waals surface area contributed by atoms with Gasteiger partial charge in [-0.25, -0.2) is 9.59 Å². The maximum atomic E-state index is 11.8. The minimum absolute atomic E-state index is 0.00559. The van der Waals surface area contributed by atoms with Gasteiger partial charge in [0, 0.05) is 11.3 Å². The van der Waals surface area contributed by atoms with E-state index in [2.05, 4.69) is 0 Å². The molecule has 1 fully saturated rings. The summed E-state index contributed by atoms with van der Waals surface area (Å²) in [5, 5.41) is 16.3. The van der Waals surface area contributed by atoms with Gasteiger partial charge in [-0.2, -0.15) is 13.2 Å². The second kappa shape index (κ2) is 9.26. The Morgan fingerprint density at radius 3 is 2.23 bits per heavy atom. The normalized spacial score (nSPS) is 20.4. The lowest BCUT2D eigenvalue weighted by molar-refractivity contribution is -0.192. The van der Waals surface area contributed by atoms with Crippen LogP contribution in [0.4, 0.5) is 13.2 Å². The van der Waals surface area contributed by atoms with E-state index in [4.69, 9.17) is 25.1 Å². The Morgan fingerprint density at radius 1 is 1.23 bits per heavy atom. The van der Waals surface area contributed by atoms with Crippen LogP contribution < -0.4 is 15.2 Å². The summed E-state index contributed by atoms with van der Waals surface area (Å²) in [6.07, 6.45) is -5.08. The molecule has 0 aromatic heterocycles. The Labute approximate surface area is 172 Å². The number of alkyl halides is 3. The number of aliphatic carboxylic acids is 2. The third-order valence-electron chi connectivity index (χ3n) is 4.01. The van der Waals surface area contributed by atoms with Crippen LogP contribution in [-0.4, -0.2) is 70.0 Å². The highest BCUT2D eigenvalue weighted by molar-refractivity contribution is 8.00. The fourth-order valence-electron chi connectivity index (χ4n) is 2.53. The minimum Gasteiger partial charge on any atom is -0.497 e. The van der Waals surface area contributed by atoms with Crippen LogP contribution in [0.15, 0.2) is 35.5 Å². The monoisotopic (exact) mass is 450 g/mol. The van der Waals surface area contributed by atoms with Gasteiger partial charge >= 0.3 is 18.1 Å². The van der Waals surface area contributed by atoms with Gasteiger partial charge in [-0.1, -0.05) is 0 Å². The highest BCUT2D eigenvalue weighted by Crippen LogP contribution is 2.39. The zero-order chi connectivity index (χ0) is 22.6. The zero-order valence-corrected chi connectivity index (χ0v) is 16.2.